The van der Waals surface area contributed by atoms with Gasteiger partial charge in [-0.25, -0.2) is 0 Å². The number of ketones is 1. The molecule has 13 heavy (non-hydrogen) atoms. The standard InChI is InChI=1S/C11H21NO/c1-11(2,3)10(13)9-5-7-12(4)8-6-9/h9H,5-8H2,1-4H3. The van der Waals surface area contributed by atoms with Crippen molar-refractivity contribution in [3.05, 3.63) is 0 Å². The SMILES string of the molecule is CN1CCC(C(=O)C(C)(C)C)CC1. The summed E-state index contributed by atoms with van der Waals surface area (Å²) in [6.07, 6.45) is 2.10. The van der Waals surface area contributed by atoms with Crippen molar-refractivity contribution in [2.24, 2.45) is 11.3 Å². The van der Waals surface area contributed by atoms with Crippen LogP contribution in [0.1, 0.15) is 33.6 Å². The van der Waals surface area contributed by atoms with Gasteiger partial charge in [0.05, 0.1) is 0 Å². The number of hydrogen-bond acceptors (Lipinski definition) is 2. The van der Waals surface area contributed by atoms with E-state index >= 15 is 0 Å². The number of hydrogen-bond donors (Lipinski definition) is 0. The van der Waals surface area contributed by atoms with Crippen LogP contribution in [0.2, 0.25) is 0 Å². The van der Waals surface area contributed by atoms with E-state index in [2.05, 4.69) is 11.9 Å². The summed E-state index contributed by atoms with van der Waals surface area (Å²) in [5.41, 5.74) is -0.152. The molecule has 2 nitrogen and oxygen atoms in total. The lowest BCUT2D eigenvalue weighted by atomic mass is 9.79. The third-order valence-corrected chi connectivity index (χ3v) is 2.83. The van der Waals surface area contributed by atoms with Crippen molar-refractivity contribution in [2.45, 2.75) is 33.6 Å². The van der Waals surface area contributed by atoms with Crippen LogP contribution in [0.5, 0.6) is 0 Å². The summed E-state index contributed by atoms with van der Waals surface area (Å²) in [6, 6.07) is 0. The molecule has 0 N–H and O–H groups in total. The predicted octanol–water partition coefficient (Wildman–Crippen LogP) is 1.94. The average molecular weight is 183 g/mol. The molecule has 1 fully saturated rings. The first kappa shape index (κ1) is 10.7. The summed E-state index contributed by atoms with van der Waals surface area (Å²) in [5.74, 6) is 0.761. The summed E-state index contributed by atoms with van der Waals surface area (Å²) in [6.45, 7) is 8.22. The number of carbonyl (C=O) groups excluding carboxylic acids is 1. The highest BCUT2D eigenvalue weighted by molar-refractivity contribution is 5.86. The van der Waals surface area contributed by atoms with Gasteiger partial charge in [0.15, 0.2) is 0 Å². The molecule has 0 aromatic rings. The van der Waals surface area contributed by atoms with Crippen molar-refractivity contribution in [3.8, 4) is 0 Å². The first-order valence-electron chi connectivity index (χ1n) is 5.14. The minimum Gasteiger partial charge on any atom is -0.306 e. The van der Waals surface area contributed by atoms with E-state index < -0.39 is 0 Å². The van der Waals surface area contributed by atoms with Gasteiger partial charge >= 0.3 is 0 Å². The summed E-state index contributed by atoms with van der Waals surface area (Å²) < 4.78 is 0. The van der Waals surface area contributed by atoms with Crippen LogP contribution >= 0.6 is 0 Å². The predicted molar refractivity (Wildman–Crippen MR) is 54.7 cm³/mol. The van der Waals surface area contributed by atoms with Gasteiger partial charge in [-0.15, -0.1) is 0 Å². The molecule has 1 heterocycles. The average Bonchev–Trinajstić information content (AvgIpc) is 2.03. The molecular formula is C11H21NO. The van der Waals surface area contributed by atoms with Crippen LogP contribution in [-0.4, -0.2) is 30.8 Å². The van der Waals surface area contributed by atoms with E-state index in [4.69, 9.17) is 0 Å². The second-order valence-corrected chi connectivity index (χ2v) is 5.19. The number of carbonyl (C=O) groups is 1. The van der Waals surface area contributed by atoms with E-state index in [1.807, 2.05) is 20.8 Å². The first-order valence-corrected chi connectivity index (χ1v) is 5.14. The third kappa shape index (κ3) is 2.80. The van der Waals surface area contributed by atoms with Crippen molar-refractivity contribution < 1.29 is 4.79 Å². The van der Waals surface area contributed by atoms with Crippen LogP contribution < -0.4 is 0 Å². The quantitative estimate of drug-likeness (QED) is 0.619. The van der Waals surface area contributed by atoms with Crippen LogP contribution in [0.3, 0.4) is 0 Å². The molecule has 0 bridgehead atoms. The monoisotopic (exact) mass is 183 g/mol. The zero-order valence-corrected chi connectivity index (χ0v) is 9.26. The van der Waals surface area contributed by atoms with Crippen molar-refractivity contribution in [1.29, 1.82) is 0 Å². The summed E-state index contributed by atoms with van der Waals surface area (Å²) in [4.78, 5) is 14.2. The third-order valence-electron chi connectivity index (χ3n) is 2.83. The van der Waals surface area contributed by atoms with Crippen molar-refractivity contribution in [3.63, 3.8) is 0 Å². The smallest absolute Gasteiger partial charge is 0.141 e. The summed E-state index contributed by atoms with van der Waals surface area (Å²) in [7, 11) is 2.12. The van der Waals surface area contributed by atoms with Crippen molar-refractivity contribution in [1.82, 2.24) is 4.90 Å². The first-order chi connectivity index (χ1) is 5.91. The molecule has 0 aromatic heterocycles. The Kier molecular flexibility index (Phi) is 3.12. The molecule has 0 amide bonds. The topological polar surface area (TPSA) is 20.3 Å². The van der Waals surface area contributed by atoms with Crippen LogP contribution in [0.4, 0.5) is 0 Å². The molecule has 0 saturated carbocycles. The lowest BCUT2D eigenvalue weighted by Gasteiger charge is -2.31. The highest BCUT2D eigenvalue weighted by Gasteiger charge is 2.31. The zero-order chi connectivity index (χ0) is 10.1. The molecule has 0 aliphatic carbocycles. The molecule has 1 saturated heterocycles. The van der Waals surface area contributed by atoms with Crippen molar-refractivity contribution in [2.75, 3.05) is 20.1 Å². The molecule has 0 atom stereocenters. The van der Waals surface area contributed by atoms with Gasteiger partial charge in [-0.3, -0.25) is 4.79 Å². The lowest BCUT2D eigenvalue weighted by Crippen LogP contribution is -2.37. The maximum Gasteiger partial charge on any atom is 0.141 e. The molecule has 1 aliphatic rings. The molecule has 76 valence electrons. The van der Waals surface area contributed by atoms with Crippen LogP contribution in [0.15, 0.2) is 0 Å². The second kappa shape index (κ2) is 3.79. The number of piperidine rings is 1. The number of likely N-dealkylation sites (tertiary alicyclic amines) is 1. The van der Waals surface area contributed by atoms with E-state index in [9.17, 15) is 4.79 Å². The Morgan fingerprint density at radius 1 is 1.23 bits per heavy atom. The Hall–Kier alpha value is -0.370. The Morgan fingerprint density at radius 2 is 1.69 bits per heavy atom. The summed E-state index contributed by atoms with van der Waals surface area (Å²) in [5, 5.41) is 0. The molecule has 1 rings (SSSR count). The van der Waals surface area contributed by atoms with Gasteiger partial charge in [0.2, 0.25) is 0 Å². The Bertz CT molecular complexity index is 185. The number of rotatable bonds is 1. The van der Waals surface area contributed by atoms with E-state index in [0.717, 1.165) is 25.9 Å². The van der Waals surface area contributed by atoms with Gasteiger partial charge in [0, 0.05) is 11.3 Å². The van der Waals surface area contributed by atoms with Gasteiger partial charge in [0.25, 0.3) is 0 Å². The summed E-state index contributed by atoms with van der Waals surface area (Å²) >= 11 is 0. The molecule has 1 aliphatic heterocycles. The fraction of sp³-hybridized carbons (Fsp3) is 0.909. The highest BCUT2D eigenvalue weighted by atomic mass is 16.1. The van der Waals surface area contributed by atoms with E-state index in [1.165, 1.54) is 0 Å². The fourth-order valence-corrected chi connectivity index (χ4v) is 1.88. The van der Waals surface area contributed by atoms with Gasteiger partial charge in [-0.1, -0.05) is 20.8 Å². The molecule has 0 radical (unpaired) electrons. The number of nitrogens with zero attached hydrogens (tertiary/aromatic N) is 1. The largest absolute Gasteiger partial charge is 0.306 e. The van der Waals surface area contributed by atoms with Gasteiger partial charge in [-0.05, 0) is 33.0 Å². The Balaban J connectivity index is 2.50. The maximum atomic E-state index is 11.9. The van der Waals surface area contributed by atoms with E-state index in [-0.39, 0.29) is 5.41 Å². The highest BCUT2D eigenvalue weighted by Crippen LogP contribution is 2.26. The van der Waals surface area contributed by atoms with Gasteiger partial charge in [0.1, 0.15) is 5.78 Å². The van der Waals surface area contributed by atoms with E-state index in [0.29, 0.717) is 11.7 Å². The zero-order valence-electron chi connectivity index (χ0n) is 9.26. The molecule has 0 spiro atoms. The lowest BCUT2D eigenvalue weighted by molar-refractivity contribution is -0.131. The minimum absolute atomic E-state index is 0.152. The van der Waals surface area contributed by atoms with E-state index in [1.54, 1.807) is 0 Å². The van der Waals surface area contributed by atoms with Gasteiger partial charge in [-0.2, -0.15) is 0 Å². The minimum atomic E-state index is -0.152. The number of Topliss-reactive ketones (excluding diaryl/α,β-unsaturated/α-hetero) is 1. The van der Waals surface area contributed by atoms with Crippen LogP contribution in [-0.2, 0) is 4.79 Å². The Labute approximate surface area is 81.3 Å². The van der Waals surface area contributed by atoms with Crippen LogP contribution in [0.25, 0.3) is 0 Å². The van der Waals surface area contributed by atoms with Crippen molar-refractivity contribution >= 4 is 5.78 Å². The maximum absolute atomic E-state index is 11.9. The molecule has 2 heteroatoms. The normalized spacial score (nSPS) is 21.8. The Morgan fingerprint density at radius 3 is 2.08 bits per heavy atom. The van der Waals surface area contributed by atoms with Crippen LogP contribution in [0, 0.1) is 11.3 Å². The fourth-order valence-electron chi connectivity index (χ4n) is 1.88. The van der Waals surface area contributed by atoms with Gasteiger partial charge < -0.3 is 4.90 Å². The molecular weight excluding hydrogens is 162 g/mol. The molecule has 0 unspecified atom stereocenters. The molecule has 0 aromatic carbocycles. The second-order valence-electron chi connectivity index (χ2n) is 5.19.